The fourth-order valence-corrected chi connectivity index (χ4v) is 1.52. The van der Waals surface area contributed by atoms with E-state index in [1.165, 1.54) is 0 Å². The number of aromatic nitrogens is 2. The molecule has 0 aliphatic carbocycles. The summed E-state index contributed by atoms with van der Waals surface area (Å²) in [5.41, 5.74) is 0.691. The van der Waals surface area contributed by atoms with Crippen LogP contribution in [0.15, 0.2) is 29.1 Å². The monoisotopic (exact) mass is 164 g/mol. The maximum absolute atomic E-state index is 11.1. The first-order valence-corrected chi connectivity index (χ1v) is 4.13. The summed E-state index contributed by atoms with van der Waals surface area (Å²) in [5.74, 6) is 0. The number of rotatable bonds is 0. The molecule has 0 saturated heterocycles. The van der Waals surface area contributed by atoms with Crippen LogP contribution >= 0.6 is 8.35 Å². The molecule has 0 aliphatic rings. The van der Waals surface area contributed by atoms with Gasteiger partial charge in [0.2, 0.25) is 5.16 Å². The van der Waals surface area contributed by atoms with Crippen LogP contribution in [0.2, 0.25) is 0 Å². The van der Waals surface area contributed by atoms with Crippen LogP contribution in [0.4, 0.5) is 0 Å². The second kappa shape index (κ2) is 2.44. The maximum Gasteiger partial charge on any atom is 0.222 e. The van der Waals surface area contributed by atoms with Gasteiger partial charge < -0.3 is 0 Å². The minimum absolute atomic E-state index is 0.0381. The minimum atomic E-state index is -0.0381. The van der Waals surface area contributed by atoms with Gasteiger partial charge in [-0.05, 0) is 12.1 Å². The lowest BCUT2D eigenvalue weighted by Gasteiger charge is -1.89. The molecule has 2 rings (SSSR count). The van der Waals surface area contributed by atoms with Crippen molar-refractivity contribution in [2.45, 2.75) is 0 Å². The van der Waals surface area contributed by atoms with Crippen LogP contribution in [-0.2, 0) is 0 Å². The Bertz CT molecular complexity index is 432. The van der Waals surface area contributed by atoms with E-state index in [4.69, 9.17) is 0 Å². The second-order valence-corrected chi connectivity index (χ2v) is 3.04. The minimum Gasteiger partial charge on any atom is -0.283 e. The summed E-state index contributed by atoms with van der Waals surface area (Å²) in [5, 5.41) is 4.63. The molecule has 0 saturated carbocycles. The molecule has 1 aromatic heterocycles. The van der Waals surface area contributed by atoms with Gasteiger partial charge in [-0.2, -0.15) is 0 Å². The van der Waals surface area contributed by atoms with E-state index in [0.29, 0.717) is 10.9 Å². The second-order valence-electron chi connectivity index (χ2n) is 2.16. The molecule has 3 nitrogen and oxygen atoms in total. The highest BCUT2D eigenvalue weighted by Gasteiger charge is 1.95. The van der Waals surface area contributed by atoms with Crippen LogP contribution in [0, 0.1) is 0 Å². The Kier molecular flexibility index (Phi) is 1.44. The van der Waals surface area contributed by atoms with Gasteiger partial charge in [0.15, 0.2) is 0 Å². The van der Waals surface area contributed by atoms with Gasteiger partial charge in [-0.15, -0.1) is 9.96 Å². The van der Waals surface area contributed by atoms with Crippen LogP contribution in [0.5, 0.6) is 0 Å². The van der Waals surface area contributed by atoms with Gasteiger partial charge in [0.1, 0.15) is 0 Å². The number of hydrogen-bond donors (Lipinski definition) is 0. The van der Waals surface area contributed by atoms with Crippen LogP contribution in [0.3, 0.4) is 0 Å². The van der Waals surface area contributed by atoms with Gasteiger partial charge in [0.05, 0.1) is 10.9 Å². The fourth-order valence-electron chi connectivity index (χ4n) is 0.937. The van der Waals surface area contributed by atoms with E-state index in [1.54, 1.807) is 12.1 Å². The first-order chi connectivity index (χ1) is 5.38. The van der Waals surface area contributed by atoms with Crippen molar-refractivity contribution < 1.29 is 0 Å². The zero-order chi connectivity index (χ0) is 7.68. The van der Waals surface area contributed by atoms with E-state index in [2.05, 4.69) is 9.96 Å². The topological polar surface area (TPSA) is 42.9 Å². The lowest BCUT2D eigenvalue weighted by atomic mass is 10.3. The fraction of sp³-hybridized carbons (Fsp3) is 0. The summed E-state index contributed by atoms with van der Waals surface area (Å²) < 4.78 is 0. The Morgan fingerprint density at radius 3 is 2.91 bits per heavy atom. The van der Waals surface area contributed by atoms with E-state index in [0.717, 1.165) is 0 Å². The molecule has 11 heavy (non-hydrogen) atoms. The summed E-state index contributed by atoms with van der Waals surface area (Å²) in [7, 11) is -0.0381. The van der Waals surface area contributed by atoms with Crippen molar-refractivity contribution >= 4 is 19.3 Å². The maximum atomic E-state index is 11.1. The molecule has 0 spiro atoms. The van der Waals surface area contributed by atoms with E-state index >= 15 is 0 Å². The molecule has 1 aromatic carbocycles. The molecule has 0 aliphatic heterocycles. The highest BCUT2D eigenvalue weighted by molar-refractivity contribution is 7.24. The Morgan fingerprint density at radius 2 is 2.09 bits per heavy atom. The third-order valence-electron chi connectivity index (χ3n) is 1.46. The molecule has 0 bridgehead atoms. The number of fused-ring (bicyclic) bond motifs is 1. The first-order valence-electron chi connectivity index (χ1n) is 3.18. The Balaban J connectivity index is 3.03. The van der Waals surface area contributed by atoms with Crippen LogP contribution in [-0.4, -0.2) is 9.96 Å². The smallest absolute Gasteiger partial charge is 0.222 e. The standard InChI is InChI=1S/C7H5N2OP/c10-7-5-3-1-2-4-6(5)8-9-11-7/h1-4,11H. The predicted molar refractivity (Wildman–Crippen MR) is 45.3 cm³/mol. The summed E-state index contributed by atoms with van der Waals surface area (Å²) >= 11 is 0. The van der Waals surface area contributed by atoms with Gasteiger partial charge in [-0.3, -0.25) is 4.79 Å². The van der Waals surface area contributed by atoms with Gasteiger partial charge in [0.25, 0.3) is 0 Å². The molecule has 2 aromatic rings. The van der Waals surface area contributed by atoms with Crippen LogP contribution in [0.1, 0.15) is 0 Å². The van der Waals surface area contributed by atoms with Crippen LogP contribution in [0.25, 0.3) is 10.9 Å². The molecule has 54 valence electrons. The summed E-state index contributed by atoms with van der Waals surface area (Å²) in [6, 6.07) is 7.25. The van der Waals surface area contributed by atoms with Gasteiger partial charge in [0, 0.05) is 8.35 Å². The lowest BCUT2D eigenvalue weighted by molar-refractivity contribution is 1.18. The molecule has 0 N–H and O–H groups in total. The molecule has 0 radical (unpaired) electrons. The van der Waals surface area contributed by atoms with Crippen molar-refractivity contribution in [2.75, 3.05) is 0 Å². The van der Waals surface area contributed by atoms with E-state index < -0.39 is 0 Å². The summed E-state index contributed by atoms with van der Waals surface area (Å²) in [6.45, 7) is 0. The highest BCUT2D eigenvalue weighted by Crippen LogP contribution is 2.05. The third kappa shape index (κ3) is 1.03. The van der Waals surface area contributed by atoms with Gasteiger partial charge in [-0.1, -0.05) is 12.1 Å². The van der Waals surface area contributed by atoms with Crippen molar-refractivity contribution in [1.82, 2.24) is 9.96 Å². The molecule has 4 heteroatoms. The van der Waals surface area contributed by atoms with E-state index in [9.17, 15) is 4.79 Å². The zero-order valence-electron chi connectivity index (χ0n) is 5.61. The predicted octanol–water partition coefficient (Wildman–Crippen LogP) is 1.02. The lowest BCUT2D eigenvalue weighted by Crippen LogP contribution is -1.95. The van der Waals surface area contributed by atoms with Crippen molar-refractivity contribution in [3.05, 3.63) is 34.2 Å². The van der Waals surface area contributed by atoms with Crippen LogP contribution < -0.4 is 5.16 Å². The third-order valence-corrected chi connectivity index (χ3v) is 2.13. The Hall–Kier alpha value is -1.21. The average molecular weight is 164 g/mol. The molecule has 1 unspecified atom stereocenters. The summed E-state index contributed by atoms with van der Waals surface area (Å²) in [6.07, 6.45) is 0. The zero-order valence-corrected chi connectivity index (χ0v) is 6.61. The number of hydrogen-bond acceptors (Lipinski definition) is 3. The average Bonchev–Trinajstić information content (AvgIpc) is 2.06. The van der Waals surface area contributed by atoms with E-state index in [-0.39, 0.29) is 13.5 Å². The SMILES string of the molecule is O=c1[pH]nnc2ccccc12. The largest absolute Gasteiger partial charge is 0.283 e. The van der Waals surface area contributed by atoms with Gasteiger partial charge >= 0.3 is 0 Å². The van der Waals surface area contributed by atoms with Crippen molar-refractivity contribution in [2.24, 2.45) is 0 Å². The molecular formula is C7H5N2OP. The van der Waals surface area contributed by atoms with Crippen molar-refractivity contribution in [3.63, 3.8) is 0 Å². The molecule has 1 atom stereocenters. The Morgan fingerprint density at radius 1 is 1.27 bits per heavy atom. The summed E-state index contributed by atoms with van der Waals surface area (Å²) in [4.78, 5) is 14.8. The van der Waals surface area contributed by atoms with E-state index in [1.807, 2.05) is 12.1 Å². The molecule has 1 heterocycles. The molecule has 0 amide bonds. The normalized spacial score (nSPS) is 10.9. The highest BCUT2D eigenvalue weighted by atomic mass is 31.0. The van der Waals surface area contributed by atoms with Crippen molar-refractivity contribution in [3.8, 4) is 0 Å². The quantitative estimate of drug-likeness (QED) is 0.583. The van der Waals surface area contributed by atoms with Gasteiger partial charge in [-0.25, -0.2) is 0 Å². The molecular weight excluding hydrogens is 159 g/mol. The molecule has 0 fully saturated rings. The number of benzene rings is 1. The Labute approximate surface area is 64.2 Å². The first kappa shape index (κ1) is 6.50. The number of nitrogens with zero attached hydrogens (tertiary/aromatic N) is 2. The van der Waals surface area contributed by atoms with Crippen molar-refractivity contribution in [1.29, 1.82) is 0 Å².